The number of ketones is 1. The van der Waals surface area contributed by atoms with Gasteiger partial charge in [-0.1, -0.05) is 0 Å². The molecule has 1 fully saturated rings. The molecule has 0 amide bonds. The lowest BCUT2D eigenvalue weighted by molar-refractivity contribution is -0.274. The van der Waals surface area contributed by atoms with E-state index >= 15 is 0 Å². The van der Waals surface area contributed by atoms with E-state index in [4.69, 9.17) is 4.74 Å². The summed E-state index contributed by atoms with van der Waals surface area (Å²) in [6.07, 6.45) is -4.72. The number of aryl methyl sites for hydroxylation is 1. The molecule has 1 aliphatic rings. The zero-order valence-corrected chi connectivity index (χ0v) is 15.2. The molecule has 8 heteroatoms. The van der Waals surface area contributed by atoms with Gasteiger partial charge >= 0.3 is 6.36 Å². The van der Waals surface area contributed by atoms with Gasteiger partial charge in [-0.3, -0.25) is 9.69 Å². The van der Waals surface area contributed by atoms with E-state index in [1.54, 1.807) is 0 Å². The lowest BCUT2D eigenvalue weighted by Crippen LogP contribution is -2.39. The summed E-state index contributed by atoms with van der Waals surface area (Å²) >= 11 is 0. The minimum Gasteiger partial charge on any atom is -0.406 e. The first-order chi connectivity index (χ1) is 12.7. The molecule has 2 heterocycles. The summed E-state index contributed by atoms with van der Waals surface area (Å²) < 4.78 is 47.9. The number of rotatable bonds is 5. The van der Waals surface area contributed by atoms with Crippen molar-refractivity contribution >= 4 is 5.78 Å². The van der Waals surface area contributed by atoms with Gasteiger partial charge in [-0.05, 0) is 44.2 Å². The third-order valence-electron chi connectivity index (χ3n) is 4.53. The number of hydrogen-bond acceptors (Lipinski definition) is 4. The van der Waals surface area contributed by atoms with Crippen LogP contribution in [0.3, 0.4) is 0 Å². The number of morpholine rings is 1. The van der Waals surface area contributed by atoms with Crippen molar-refractivity contribution in [2.24, 2.45) is 0 Å². The quantitative estimate of drug-likeness (QED) is 0.743. The van der Waals surface area contributed by atoms with Gasteiger partial charge in [-0.25, -0.2) is 0 Å². The number of hydrogen-bond donors (Lipinski definition) is 0. The molecule has 27 heavy (non-hydrogen) atoms. The van der Waals surface area contributed by atoms with Crippen LogP contribution >= 0.6 is 0 Å². The Bertz CT molecular complexity index is 807. The Hall–Kier alpha value is -2.32. The molecule has 0 unspecified atom stereocenters. The summed E-state index contributed by atoms with van der Waals surface area (Å²) in [5, 5.41) is 0. The van der Waals surface area contributed by atoms with E-state index in [1.165, 1.54) is 24.3 Å². The maximum absolute atomic E-state index is 12.7. The zero-order valence-electron chi connectivity index (χ0n) is 15.2. The molecule has 0 N–H and O–H groups in total. The Balaban J connectivity index is 1.79. The van der Waals surface area contributed by atoms with Gasteiger partial charge in [0.25, 0.3) is 0 Å². The summed E-state index contributed by atoms with van der Waals surface area (Å²) in [5.41, 5.74) is 2.89. The molecule has 5 nitrogen and oxygen atoms in total. The standard InChI is InChI=1S/C19H21F3N2O3/c1-13-11-17(18(25)12-23-7-9-26-10-8-23)14(2)24(13)15-3-5-16(6-4-15)27-19(20,21)22/h3-6,11H,7-10,12H2,1-2H3. The Labute approximate surface area is 155 Å². The number of ether oxygens (including phenoxy) is 2. The maximum Gasteiger partial charge on any atom is 0.573 e. The highest BCUT2D eigenvalue weighted by Gasteiger charge is 2.31. The number of Topliss-reactive ketones (excluding diaryl/α,β-unsaturated/α-hetero) is 1. The minimum atomic E-state index is -4.72. The summed E-state index contributed by atoms with van der Waals surface area (Å²) in [7, 11) is 0. The van der Waals surface area contributed by atoms with Crippen molar-refractivity contribution in [2.45, 2.75) is 20.2 Å². The summed E-state index contributed by atoms with van der Waals surface area (Å²) in [5.74, 6) is -0.259. The molecule has 3 rings (SSSR count). The molecule has 0 atom stereocenters. The topological polar surface area (TPSA) is 43.7 Å². The van der Waals surface area contributed by atoms with Gasteiger partial charge in [0.1, 0.15) is 5.75 Å². The minimum absolute atomic E-state index is 0.0216. The third kappa shape index (κ3) is 4.70. The van der Waals surface area contributed by atoms with Gasteiger partial charge < -0.3 is 14.0 Å². The van der Waals surface area contributed by atoms with E-state index < -0.39 is 6.36 Å². The van der Waals surface area contributed by atoms with Crippen molar-refractivity contribution in [2.75, 3.05) is 32.8 Å². The first-order valence-corrected chi connectivity index (χ1v) is 8.63. The van der Waals surface area contributed by atoms with Crippen LogP contribution in [-0.2, 0) is 4.74 Å². The van der Waals surface area contributed by atoms with E-state index in [-0.39, 0.29) is 11.5 Å². The molecule has 0 aliphatic carbocycles. The van der Waals surface area contributed by atoms with E-state index in [2.05, 4.69) is 9.64 Å². The number of nitrogens with zero attached hydrogens (tertiary/aromatic N) is 2. The molecule has 0 radical (unpaired) electrons. The smallest absolute Gasteiger partial charge is 0.406 e. The van der Waals surface area contributed by atoms with Crippen LogP contribution in [0.5, 0.6) is 5.75 Å². The summed E-state index contributed by atoms with van der Waals surface area (Å²) in [6, 6.07) is 7.42. The molecule has 0 bridgehead atoms. The lowest BCUT2D eigenvalue weighted by Gasteiger charge is -2.25. The average Bonchev–Trinajstić information content (AvgIpc) is 2.90. The van der Waals surface area contributed by atoms with Crippen molar-refractivity contribution in [3.05, 3.63) is 47.3 Å². The number of benzene rings is 1. The van der Waals surface area contributed by atoms with Gasteiger partial charge in [-0.15, -0.1) is 13.2 Å². The molecular formula is C19H21F3N2O3. The average molecular weight is 382 g/mol. The molecule has 2 aromatic rings. The Morgan fingerprint density at radius 3 is 2.37 bits per heavy atom. The van der Waals surface area contributed by atoms with Crippen LogP contribution in [0, 0.1) is 13.8 Å². The highest BCUT2D eigenvalue weighted by Crippen LogP contribution is 2.26. The number of carbonyl (C=O) groups is 1. The SMILES string of the molecule is Cc1cc(C(=O)CN2CCOCC2)c(C)n1-c1ccc(OC(F)(F)F)cc1. The lowest BCUT2D eigenvalue weighted by atomic mass is 10.1. The predicted octanol–water partition coefficient (Wildman–Crippen LogP) is 3.51. The highest BCUT2D eigenvalue weighted by atomic mass is 19.4. The van der Waals surface area contributed by atoms with E-state index in [0.717, 1.165) is 24.5 Å². The number of carbonyl (C=O) groups excluding carboxylic acids is 1. The van der Waals surface area contributed by atoms with Gasteiger partial charge in [0, 0.05) is 35.7 Å². The van der Waals surface area contributed by atoms with Crippen molar-refractivity contribution in [3.8, 4) is 11.4 Å². The fourth-order valence-corrected chi connectivity index (χ4v) is 3.29. The van der Waals surface area contributed by atoms with Gasteiger partial charge in [-0.2, -0.15) is 0 Å². The van der Waals surface area contributed by atoms with Gasteiger partial charge in [0.2, 0.25) is 0 Å². The van der Waals surface area contributed by atoms with Crippen LogP contribution in [0.2, 0.25) is 0 Å². The van der Waals surface area contributed by atoms with Gasteiger partial charge in [0.15, 0.2) is 5.78 Å². The first-order valence-electron chi connectivity index (χ1n) is 8.63. The monoisotopic (exact) mass is 382 g/mol. The fourth-order valence-electron chi connectivity index (χ4n) is 3.29. The van der Waals surface area contributed by atoms with Crippen LogP contribution < -0.4 is 4.74 Å². The largest absolute Gasteiger partial charge is 0.573 e. The molecule has 1 aliphatic heterocycles. The molecule has 0 saturated carbocycles. The second-order valence-corrected chi connectivity index (χ2v) is 6.47. The van der Waals surface area contributed by atoms with Crippen LogP contribution in [0.15, 0.2) is 30.3 Å². The molecule has 1 aromatic heterocycles. The van der Waals surface area contributed by atoms with Crippen LogP contribution in [-0.4, -0.2) is 54.5 Å². The molecule has 1 aromatic carbocycles. The van der Waals surface area contributed by atoms with Crippen LogP contribution in [0.1, 0.15) is 21.7 Å². The normalized spacial score (nSPS) is 15.7. The summed E-state index contributed by atoms with van der Waals surface area (Å²) in [6.45, 7) is 6.72. The Morgan fingerprint density at radius 2 is 1.78 bits per heavy atom. The van der Waals surface area contributed by atoms with Crippen molar-refractivity contribution in [3.63, 3.8) is 0 Å². The van der Waals surface area contributed by atoms with Crippen LogP contribution in [0.4, 0.5) is 13.2 Å². The highest BCUT2D eigenvalue weighted by molar-refractivity contribution is 5.99. The van der Waals surface area contributed by atoms with Crippen molar-refractivity contribution in [1.82, 2.24) is 9.47 Å². The summed E-state index contributed by atoms with van der Waals surface area (Å²) in [4.78, 5) is 14.8. The Kier molecular flexibility index (Phi) is 5.57. The second kappa shape index (κ2) is 7.74. The number of alkyl halides is 3. The molecule has 146 valence electrons. The third-order valence-corrected chi connectivity index (χ3v) is 4.53. The predicted molar refractivity (Wildman–Crippen MR) is 93.5 cm³/mol. The number of halogens is 3. The van der Waals surface area contributed by atoms with Gasteiger partial charge in [0.05, 0.1) is 19.8 Å². The maximum atomic E-state index is 12.7. The van der Waals surface area contributed by atoms with E-state index in [9.17, 15) is 18.0 Å². The van der Waals surface area contributed by atoms with Crippen LogP contribution in [0.25, 0.3) is 5.69 Å². The second-order valence-electron chi connectivity index (χ2n) is 6.47. The van der Waals surface area contributed by atoms with E-state index in [1.807, 2.05) is 24.5 Å². The Morgan fingerprint density at radius 1 is 1.15 bits per heavy atom. The van der Waals surface area contributed by atoms with E-state index in [0.29, 0.717) is 31.0 Å². The fraction of sp³-hybridized carbons (Fsp3) is 0.421. The molecule has 1 saturated heterocycles. The first kappa shape index (κ1) is 19.4. The zero-order chi connectivity index (χ0) is 19.6. The number of aromatic nitrogens is 1. The molecular weight excluding hydrogens is 361 g/mol. The van der Waals surface area contributed by atoms with Crippen molar-refractivity contribution in [1.29, 1.82) is 0 Å². The van der Waals surface area contributed by atoms with Crippen molar-refractivity contribution < 1.29 is 27.4 Å². The molecule has 0 spiro atoms.